The normalized spacial score (nSPS) is 16.4. The zero-order valence-electron chi connectivity index (χ0n) is 20.1. The zero-order valence-corrected chi connectivity index (χ0v) is 22.4. The van der Waals surface area contributed by atoms with Crippen LogP contribution >= 0.6 is 34.8 Å². The zero-order chi connectivity index (χ0) is 31.1. The van der Waals surface area contributed by atoms with Crippen LogP contribution in [0.1, 0.15) is 52.2 Å². The molecule has 2 aromatic carbocycles. The molecule has 0 saturated heterocycles. The predicted octanol–water partition coefficient (Wildman–Crippen LogP) is 9.35. The number of halogens is 13. The minimum atomic E-state index is -5.29. The van der Waals surface area contributed by atoms with Gasteiger partial charge in [0, 0.05) is 17.5 Å². The average Bonchev–Trinajstić information content (AvgIpc) is 3.62. The molecule has 3 nitrogen and oxygen atoms in total. The number of amides is 1. The molecule has 3 rings (SSSR count). The molecule has 0 aromatic heterocycles. The first-order valence-corrected chi connectivity index (χ1v) is 12.5. The van der Waals surface area contributed by atoms with Crippen LogP contribution in [-0.2, 0) is 11.0 Å². The molecule has 1 aliphatic carbocycles. The summed E-state index contributed by atoms with van der Waals surface area (Å²) in [5, 5.41) is 0.541. The number of benzene rings is 2. The third-order valence-electron chi connectivity index (χ3n) is 6.22. The van der Waals surface area contributed by atoms with E-state index in [2.05, 4.69) is 0 Å². The van der Waals surface area contributed by atoms with E-state index in [0.29, 0.717) is 12.1 Å². The molecule has 1 fully saturated rings. The number of hydrogen-bond donors (Lipinski definition) is 1. The Morgan fingerprint density at radius 1 is 0.927 bits per heavy atom. The molecular formula is C25H16Cl3F10NO2. The van der Waals surface area contributed by atoms with Crippen LogP contribution < -0.4 is 5.32 Å². The Morgan fingerprint density at radius 2 is 1.49 bits per heavy atom. The van der Waals surface area contributed by atoms with E-state index in [4.69, 9.17) is 34.8 Å². The predicted molar refractivity (Wildman–Crippen MR) is 130 cm³/mol. The third kappa shape index (κ3) is 8.07. The number of ketones is 1. The summed E-state index contributed by atoms with van der Waals surface area (Å²) in [4.78, 5) is 24.9. The van der Waals surface area contributed by atoms with Gasteiger partial charge in [0.05, 0.1) is 26.0 Å². The van der Waals surface area contributed by atoms with E-state index < -0.39 is 82.6 Å². The molecule has 1 unspecified atom stereocenters. The number of carbonyl (C=O) groups is 2. The Bertz CT molecular complexity index is 1360. The van der Waals surface area contributed by atoms with Gasteiger partial charge in [0.2, 0.25) is 5.91 Å². The van der Waals surface area contributed by atoms with E-state index in [1.54, 1.807) is 5.32 Å². The largest absolute Gasteiger partial charge is 0.417 e. The lowest BCUT2D eigenvalue weighted by molar-refractivity contribution is -0.141. The van der Waals surface area contributed by atoms with Gasteiger partial charge in [-0.25, -0.2) is 4.39 Å². The van der Waals surface area contributed by atoms with E-state index in [1.807, 2.05) is 0 Å². The van der Waals surface area contributed by atoms with Gasteiger partial charge >= 0.3 is 18.5 Å². The van der Waals surface area contributed by atoms with Crippen molar-refractivity contribution in [1.29, 1.82) is 0 Å². The topological polar surface area (TPSA) is 46.2 Å². The monoisotopic (exact) mass is 657 g/mol. The fourth-order valence-corrected chi connectivity index (χ4v) is 4.57. The first kappa shape index (κ1) is 33.0. The van der Waals surface area contributed by atoms with Gasteiger partial charge in [-0.05, 0) is 42.7 Å². The lowest BCUT2D eigenvalue weighted by atomic mass is 9.90. The smallest absolute Gasteiger partial charge is 0.346 e. The third-order valence-corrected chi connectivity index (χ3v) is 7.41. The maximum absolute atomic E-state index is 15.0. The quantitative estimate of drug-likeness (QED) is 0.175. The van der Waals surface area contributed by atoms with Crippen LogP contribution in [0.5, 0.6) is 0 Å². The van der Waals surface area contributed by atoms with Crippen molar-refractivity contribution >= 4 is 52.3 Å². The van der Waals surface area contributed by atoms with Crippen LogP contribution in [0.3, 0.4) is 0 Å². The van der Waals surface area contributed by atoms with Crippen LogP contribution in [0.4, 0.5) is 43.9 Å². The fraction of sp³-hybridized carbons (Fsp3) is 0.360. The van der Waals surface area contributed by atoms with Crippen molar-refractivity contribution in [2.45, 2.75) is 43.7 Å². The SMILES string of the molecule is O=C(CC1(C(=O)NCC(F)(F)F)CC1)c1ccc(/C(F)=C/C(c2cc(Cl)c(Cl)c(Cl)c2)C(F)(F)F)cc1C(F)(F)F. The van der Waals surface area contributed by atoms with Crippen molar-refractivity contribution in [2.24, 2.45) is 5.41 Å². The molecule has 0 aliphatic heterocycles. The highest BCUT2D eigenvalue weighted by Crippen LogP contribution is 2.50. The minimum Gasteiger partial charge on any atom is -0.346 e. The number of alkyl halides is 9. The van der Waals surface area contributed by atoms with Crippen LogP contribution in [0.2, 0.25) is 15.1 Å². The number of hydrogen-bond acceptors (Lipinski definition) is 2. The summed E-state index contributed by atoms with van der Waals surface area (Å²) in [6.45, 7) is -1.71. The second-order valence-electron chi connectivity index (χ2n) is 9.27. The molecule has 0 spiro atoms. The Morgan fingerprint density at radius 3 is 1.95 bits per heavy atom. The lowest BCUT2D eigenvalue weighted by Gasteiger charge is -2.20. The number of Topliss-reactive ketones (excluding diaryl/α,β-unsaturated/α-hetero) is 1. The van der Waals surface area contributed by atoms with Crippen LogP contribution in [0, 0.1) is 5.41 Å². The van der Waals surface area contributed by atoms with Gasteiger partial charge in [0.15, 0.2) is 5.78 Å². The summed E-state index contributed by atoms with van der Waals surface area (Å²) >= 11 is 17.3. The summed E-state index contributed by atoms with van der Waals surface area (Å²) in [6.07, 6.45) is -16.2. The average molecular weight is 659 g/mol. The number of allylic oxidation sites excluding steroid dienone is 1. The van der Waals surface area contributed by atoms with Crippen LogP contribution in [-0.4, -0.2) is 30.6 Å². The second-order valence-corrected chi connectivity index (χ2v) is 10.5. The number of carbonyl (C=O) groups excluding carboxylic acids is 2. The number of rotatable bonds is 8. The van der Waals surface area contributed by atoms with Gasteiger partial charge < -0.3 is 5.32 Å². The lowest BCUT2D eigenvalue weighted by Crippen LogP contribution is -2.39. The second kappa shape index (κ2) is 11.6. The van der Waals surface area contributed by atoms with E-state index >= 15 is 4.39 Å². The van der Waals surface area contributed by atoms with Gasteiger partial charge in [0.1, 0.15) is 18.3 Å². The Balaban J connectivity index is 1.96. The first-order valence-electron chi connectivity index (χ1n) is 11.3. The van der Waals surface area contributed by atoms with E-state index in [9.17, 15) is 49.1 Å². The highest BCUT2D eigenvalue weighted by molar-refractivity contribution is 6.48. The number of nitrogens with one attached hydrogen (secondary N) is 1. The van der Waals surface area contributed by atoms with Crippen molar-refractivity contribution < 1.29 is 53.5 Å². The summed E-state index contributed by atoms with van der Waals surface area (Å²) in [5.74, 6) is -6.88. The Labute approximate surface area is 240 Å². The standard InChI is InChI=1S/C25H16Cl3F10NO2/c26-16-6-12(7-17(27)20(16)28)14(24(33,34)35)8-18(29)11-1-2-13(15(5-11)25(36,37)38)19(40)9-22(3-4-22)21(41)39-10-23(30,31)32/h1-2,5-8,14H,3-4,9-10H2,(H,39,41)/b18-8-. The molecule has 1 aliphatic rings. The summed E-state index contributed by atoms with van der Waals surface area (Å²) in [7, 11) is 0. The van der Waals surface area contributed by atoms with Crippen molar-refractivity contribution in [3.8, 4) is 0 Å². The van der Waals surface area contributed by atoms with E-state index in [-0.39, 0.29) is 40.1 Å². The highest BCUT2D eigenvalue weighted by atomic mass is 35.5. The maximum atomic E-state index is 15.0. The molecule has 2 aromatic rings. The van der Waals surface area contributed by atoms with E-state index in [0.717, 1.165) is 12.1 Å². The van der Waals surface area contributed by atoms with Crippen molar-refractivity contribution in [2.75, 3.05) is 6.54 Å². The summed E-state index contributed by atoms with van der Waals surface area (Å²) in [6, 6.07) is 2.80. The van der Waals surface area contributed by atoms with Gasteiger partial charge in [-0.2, -0.15) is 39.5 Å². The maximum Gasteiger partial charge on any atom is 0.417 e. The Kier molecular flexibility index (Phi) is 9.37. The van der Waals surface area contributed by atoms with Crippen molar-refractivity contribution in [1.82, 2.24) is 5.32 Å². The van der Waals surface area contributed by atoms with Gasteiger partial charge in [-0.1, -0.05) is 46.9 Å². The van der Waals surface area contributed by atoms with Crippen LogP contribution in [0.25, 0.3) is 5.83 Å². The molecule has 0 bridgehead atoms. The molecule has 1 N–H and O–H groups in total. The van der Waals surface area contributed by atoms with E-state index in [1.165, 1.54) is 0 Å². The molecule has 1 atom stereocenters. The molecule has 41 heavy (non-hydrogen) atoms. The molecule has 224 valence electrons. The summed E-state index contributed by atoms with van der Waals surface area (Å²) < 4.78 is 135. The van der Waals surface area contributed by atoms with Gasteiger partial charge in [0.25, 0.3) is 0 Å². The molecular weight excluding hydrogens is 643 g/mol. The van der Waals surface area contributed by atoms with Gasteiger partial charge in [-0.3, -0.25) is 9.59 Å². The van der Waals surface area contributed by atoms with Crippen LogP contribution in [0.15, 0.2) is 36.4 Å². The minimum absolute atomic E-state index is 0.00292. The van der Waals surface area contributed by atoms with Gasteiger partial charge in [-0.15, -0.1) is 0 Å². The Hall–Kier alpha value is -2.51. The first-order chi connectivity index (χ1) is 18.6. The molecule has 0 heterocycles. The van der Waals surface area contributed by atoms with Crippen molar-refractivity contribution in [3.63, 3.8) is 0 Å². The fourth-order valence-electron chi connectivity index (χ4n) is 3.95. The highest BCUT2D eigenvalue weighted by Gasteiger charge is 2.52. The summed E-state index contributed by atoms with van der Waals surface area (Å²) in [5.41, 5.74) is -6.01. The van der Waals surface area contributed by atoms with Crippen molar-refractivity contribution in [3.05, 3.63) is 73.7 Å². The molecule has 1 saturated carbocycles. The molecule has 16 heteroatoms. The molecule has 0 radical (unpaired) electrons. The molecule has 1 amide bonds.